The number of hydrogen-bond acceptors (Lipinski definition) is 4. The van der Waals surface area contributed by atoms with Crippen molar-refractivity contribution in [3.63, 3.8) is 0 Å². The average Bonchev–Trinajstić information content (AvgIpc) is 2.95. The van der Waals surface area contributed by atoms with E-state index in [1.54, 1.807) is 0 Å². The lowest BCUT2D eigenvalue weighted by Gasteiger charge is -2.23. The van der Waals surface area contributed by atoms with Crippen molar-refractivity contribution < 1.29 is 4.39 Å². The Morgan fingerprint density at radius 1 is 1.55 bits per heavy atom. The van der Waals surface area contributed by atoms with Crippen LogP contribution in [0.1, 0.15) is 38.9 Å². The Bertz CT molecular complexity index is 500. The maximum Gasteiger partial charge on any atom is 0.140 e. The highest BCUT2D eigenvalue weighted by molar-refractivity contribution is 8.03. The van der Waals surface area contributed by atoms with Crippen LogP contribution in [0.5, 0.6) is 0 Å². The molecule has 1 aliphatic rings. The van der Waals surface area contributed by atoms with E-state index in [0.29, 0.717) is 6.54 Å². The van der Waals surface area contributed by atoms with Gasteiger partial charge < -0.3 is 0 Å². The molecule has 0 spiro atoms. The Kier molecular flexibility index (Phi) is 4.71. The maximum atomic E-state index is 12.4. The third-order valence-electron chi connectivity index (χ3n) is 3.63. The van der Waals surface area contributed by atoms with Crippen LogP contribution in [0.25, 0.3) is 0 Å². The molecule has 20 heavy (non-hydrogen) atoms. The van der Waals surface area contributed by atoms with Gasteiger partial charge in [-0.2, -0.15) is 10.4 Å². The quantitative estimate of drug-likeness (QED) is 0.633. The highest BCUT2D eigenvalue weighted by atomic mass is 32.2. The smallest absolute Gasteiger partial charge is 0.140 e. The van der Waals surface area contributed by atoms with Crippen LogP contribution in [0.3, 0.4) is 0 Å². The van der Waals surface area contributed by atoms with Crippen LogP contribution in [-0.4, -0.2) is 41.0 Å². The molecule has 4 nitrogen and oxygen atoms in total. The predicted octanol–water partition coefficient (Wildman–Crippen LogP) is 2.97. The summed E-state index contributed by atoms with van der Waals surface area (Å²) in [5.41, 5.74) is 1.12. The van der Waals surface area contributed by atoms with E-state index in [1.165, 1.54) is 0 Å². The number of nitrogens with zero attached hydrogens (tertiary/aromatic N) is 4. The molecule has 2 rings (SSSR count). The van der Waals surface area contributed by atoms with Gasteiger partial charge in [-0.1, -0.05) is 20.8 Å². The monoisotopic (exact) mass is 296 g/mol. The summed E-state index contributed by atoms with van der Waals surface area (Å²) in [4.78, 5) is 2.13. The van der Waals surface area contributed by atoms with Crippen LogP contribution >= 0.6 is 11.8 Å². The van der Waals surface area contributed by atoms with Crippen LogP contribution < -0.4 is 0 Å². The van der Waals surface area contributed by atoms with Crippen molar-refractivity contribution in [2.24, 2.45) is 0 Å². The Morgan fingerprint density at radius 2 is 2.30 bits per heavy atom. The molecule has 0 aromatic carbocycles. The second-order valence-corrected chi connectivity index (χ2v) is 6.99. The lowest BCUT2D eigenvalue weighted by molar-refractivity contribution is 0.281. The van der Waals surface area contributed by atoms with Gasteiger partial charge in [0.25, 0.3) is 0 Å². The zero-order valence-corrected chi connectivity index (χ0v) is 13.1. The Balaban J connectivity index is 2.24. The molecule has 0 aliphatic carbocycles. The van der Waals surface area contributed by atoms with Crippen LogP contribution in [0.15, 0.2) is 11.1 Å². The number of hydrogen-bond donors (Lipinski definition) is 0. The highest BCUT2D eigenvalue weighted by Gasteiger charge is 2.30. The predicted molar refractivity (Wildman–Crippen MR) is 78.5 cm³/mol. The van der Waals surface area contributed by atoms with E-state index in [9.17, 15) is 4.39 Å². The van der Waals surface area contributed by atoms with Gasteiger partial charge in [-0.05, 0) is 12.5 Å². The molecule has 2 heterocycles. The zero-order valence-electron chi connectivity index (χ0n) is 12.3. The minimum Gasteiger partial charge on any atom is -0.299 e. The molecule has 0 N–H and O–H groups in total. The molecule has 6 heteroatoms. The van der Waals surface area contributed by atoms with Crippen molar-refractivity contribution in [1.29, 1.82) is 5.26 Å². The summed E-state index contributed by atoms with van der Waals surface area (Å²) in [5, 5.41) is 16.2. The van der Waals surface area contributed by atoms with Gasteiger partial charge in [-0.25, -0.2) is 4.39 Å². The summed E-state index contributed by atoms with van der Waals surface area (Å²) in [6, 6.07) is 2.29. The number of likely N-dealkylation sites (tertiary alicyclic amines) is 1. The molecule has 1 aliphatic heterocycles. The molecule has 0 bridgehead atoms. The van der Waals surface area contributed by atoms with Crippen LogP contribution in [-0.2, 0) is 5.41 Å². The Morgan fingerprint density at radius 3 is 2.90 bits per heavy atom. The Hall–Kier alpha value is -1.06. The molecule has 0 radical (unpaired) electrons. The second-order valence-electron chi connectivity index (χ2n) is 6.19. The largest absolute Gasteiger partial charge is 0.299 e. The normalized spacial score (nSPS) is 20.2. The van der Waals surface area contributed by atoms with E-state index in [0.717, 1.165) is 42.0 Å². The summed E-state index contributed by atoms with van der Waals surface area (Å²) in [6.07, 6.45) is 0.988. The topological polar surface area (TPSA) is 44.9 Å². The number of aromatic nitrogens is 2. The van der Waals surface area contributed by atoms with Gasteiger partial charge in [0, 0.05) is 42.5 Å². The fourth-order valence-electron chi connectivity index (χ4n) is 2.64. The number of halogens is 1. The molecule has 0 saturated carbocycles. The lowest BCUT2D eigenvalue weighted by Crippen LogP contribution is -2.26. The second kappa shape index (κ2) is 6.15. The molecule has 1 fully saturated rings. The molecule has 0 amide bonds. The summed E-state index contributed by atoms with van der Waals surface area (Å²) in [7, 11) is 0. The average molecular weight is 296 g/mol. The molecule has 1 atom stereocenters. The van der Waals surface area contributed by atoms with Crippen molar-refractivity contribution in [1.82, 2.24) is 14.7 Å². The van der Waals surface area contributed by atoms with Crippen LogP contribution in [0.4, 0.5) is 4.39 Å². The number of thiocyanates is 1. The molecular formula is C14H21FN4S. The van der Waals surface area contributed by atoms with Crippen molar-refractivity contribution in [3.8, 4) is 5.40 Å². The molecular weight excluding hydrogens is 275 g/mol. The van der Waals surface area contributed by atoms with E-state index < -0.39 is 0 Å². The number of thioether (sulfide) groups is 1. The fourth-order valence-corrected chi connectivity index (χ4v) is 3.03. The van der Waals surface area contributed by atoms with Crippen molar-refractivity contribution in [2.45, 2.75) is 43.7 Å². The first kappa shape index (κ1) is 15.3. The lowest BCUT2D eigenvalue weighted by atomic mass is 9.92. The third-order valence-corrected chi connectivity index (χ3v) is 4.13. The van der Waals surface area contributed by atoms with E-state index in [-0.39, 0.29) is 18.1 Å². The first-order chi connectivity index (χ1) is 9.45. The Labute approximate surface area is 123 Å². The van der Waals surface area contributed by atoms with E-state index in [4.69, 9.17) is 5.26 Å². The van der Waals surface area contributed by atoms with E-state index in [2.05, 4.69) is 40.9 Å². The molecule has 1 saturated heterocycles. The maximum absolute atomic E-state index is 12.4. The molecule has 1 aromatic heterocycles. The third kappa shape index (κ3) is 3.33. The van der Waals surface area contributed by atoms with Gasteiger partial charge in [-0.15, -0.1) is 0 Å². The van der Waals surface area contributed by atoms with E-state index in [1.807, 2.05) is 6.07 Å². The minimum atomic E-state index is -0.298. The van der Waals surface area contributed by atoms with E-state index >= 15 is 0 Å². The number of alkyl halides is 1. The van der Waals surface area contributed by atoms with Crippen LogP contribution in [0, 0.1) is 10.7 Å². The number of nitriles is 1. The van der Waals surface area contributed by atoms with Crippen LogP contribution in [0.2, 0.25) is 0 Å². The molecule has 110 valence electrons. The van der Waals surface area contributed by atoms with Gasteiger partial charge in [0.2, 0.25) is 0 Å². The first-order valence-corrected chi connectivity index (χ1v) is 7.71. The summed E-state index contributed by atoms with van der Waals surface area (Å²) in [5.74, 6) is 0. The van der Waals surface area contributed by atoms with Gasteiger partial charge in [-0.3, -0.25) is 9.58 Å². The number of rotatable bonds is 4. The van der Waals surface area contributed by atoms with Gasteiger partial charge in [0.1, 0.15) is 17.1 Å². The fraction of sp³-hybridized carbons (Fsp3) is 0.714. The van der Waals surface area contributed by atoms with Gasteiger partial charge >= 0.3 is 0 Å². The summed E-state index contributed by atoms with van der Waals surface area (Å²) >= 11 is 1.10. The minimum absolute atomic E-state index is 0.0191. The van der Waals surface area contributed by atoms with Gasteiger partial charge in [0.05, 0.1) is 6.04 Å². The van der Waals surface area contributed by atoms with Gasteiger partial charge in [0.15, 0.2) is 0 Å². The summed E-state index contributed by atoms with van der Waals surface area (Å²) in [6.45, 7) is 8.40. The van der Waals surface area contributed by atoms with Crippen molar-refractivity contribution in [2.75, 3.05) is 26.3 Å². The zero-order chi connectivity index (χ0) is 14.8. The highest BCUT2D eigenvalue weighted by Crippen LogP contribution is 2.32. The molecule has 1 aromatic rings. The van der Waals surface area contributed by atoms with Crippen molar-refractivity contribution in [3.05, 3.63) is 11.8 Å². The van der Waals surface area contributed by atoms with Crippen molar-refractivity contribution >= 4 is 11.8 Å². The molecule has 0 unspecified atom stereocenters. The SMILES string of the molecule is CC(C)(C)c1cc(SC#N)nn1[C@H]1CCN(CCF)C1. The first-order valence-electron chi connectivity index (χ1n) is 6.90. The standard InChI is InChI=1S/C14H21FN4S/c1-14(2,3)12-8-13(20-10-16)17-19(12)11-4-6-18(9-11)7-5-15/h8,11H,4-7,9H2,1-3H3/t11-/m0/s1. The summed E-state index contributed by atoms with van der Waals surface area (Å²) < 4.78 is 14.5.